The number of hydrogen-bond acceptors (Lipinski definition) is 4. The molecule has 2 aromatic rings. The summed E-state index contributed by atoms with van der Waals surface area (Å²) in [5.74, 6) is -1.62. The number of phenols is 1. The lowest BCUT2D eigenvalue weighted by atomic mass is 10.2. The van der Waals surface area contributed by atoms with E-state index < -0.39 is 23.7 Å². The Morgan fingerprint density at radius 1 is 1.17 bits per heavy atom. The lowest BCUT2D eigenvalue weighted by molar-refractivity contribution is -0.128. The maximum atomic E-state index is 12.8. The second kappa shape index (κ2) is 7.78. The minimum atomic E-state index is -0.922. The standard InChI is InChI=1S/C16H14BrFN2O4/c1-9(24-12-5-3-11(18)4-6-12)15(22)19-20-16(23)13-7-2-10(17)8-14(13)21/h2-9,21H,1H3,(H,19,22)(H,20,23). The number of benzene rings is 2. The van der Waals surface area contributed by atoms with Gasteiger partial charge < -0.3 is 9.84 Å². The van der Waals surface area contributed by atoms with E-state index in [1.807, 2.05) is 0 Å². The monoisotopic (exact) mass is 396 g/mol. The van der Waals surface area contributed by atoms with Crippen LogP contribution in [-0.4, -0.2) is 23.0 Å². The Hall–Kier alpha value is -2.61. The van der Waals surface area contributed by atoms with Crippen molar-refractivity contribution in [1.82, 2.24) is 10.9 Å². The van der Waals surface area contributed by atoms with Gasteiger partial charge in [0.1, 0.15) is 17.3 Å². The normalized spacial score (nSPS) is 11.5. The van der Waals surface area contributed by atoms with Gasteiger partial charge in [-0.05, 0) is 49.4 Å². The van der Waals surface area contributed by atoms with Gasteiger partial charge in [0.15, 0.2) is 6.10 Å². The molecule has 0 spiro atoms. The molecule has 2 rings (SSSR count). The van der Waals surface area contributed by atoms with Crippen molar-refractivity contribution >= 4 is 27.7 Å². The molecular weight excluding hydrogens is 383 g/mol. The first-order valence-electron chi connectivity index (χ1n) is 6.88. The second-order valence-corrected chi connectivity index (χ2v) is 5.73. The largest absolute Gasteiger partial charge is 0.507 e. The molecule has 0 aliphatic heterocycles. The van der Waals surface area contributed by atoms with Crippen LogP contribution in [0.25, 0.3) is 0 Å². The third-order valence-corrected chi connectivity index (χ3v) is 3.49. The Morgan fingerprint density at radius 3 is 2.46 bits per heavy atom. The van der Waals surface area contributed by atoms with E-state index in [0.29, 0.717) is 10.2 Å². The number of amides is 2. The average molecular weight is 397 g/mol. The number of phenolic OH excluding ortho intramolecular Hbond substituents is 1. The topological polar surface area (TPSA) is 87.7 Å². The predicted octanol–water partition coefficient (Wildman–Crippen LogP) is 2.52. The third-order valence-electron chi connectivity index (χ3n) is 3.00. The molecule has 0 aliphatic rings. The molecule has 126 valence electrons. The molecule has 0 bridgehead atoms. The van der Waals surface area contributed by atoms with E-state index in [4.69, 9.17) is 4.74 Å². The van der Waals surface area contributed by atoms with Crippen molar-refractivity contribution in [1.29, 1.82) is 0 Å². The summed E-state index contributed by atoms with van der Waals surface area (Å²) in [5, 5.41) is 9.69. The number of halogens is 2. The zero-order valence-electron chi connectivity index (χ0n) is 12.5. The number of carbonyl (C=O) groups is 2. The number of rotatable bonds is 4. The summed E-state index contributed by atoms with van der Waals surface area (Å²) in [4.78, 5) is 23.8. The van der Waals surface area contributed by atoms with Crippen LogP contribution in [0.4, 0.5) is 4.39 Å². The number of ether oxygens (including phenoxy) is 1. The molecule has 1 unspecified atom stereocenters. The minimum Gasteiger partial charge on any atom is -0.507 e. The third kappa shape index (κ3) is 4.69. The average Bonchev–Trinajstić information content (AvgIpc) is 2.54. The summed E-state index contributed by atoms with van der Waals surface area (Å²) in [6.45, 7) is 1.47. The summed E-state index contributed by atoms with van der Waals surface area (Å²) in [7, 11) is 0. The molecule has 0 saturated carbocycles. The molecule has 24 heavy (non-hydrogen) atoms. The molecule has 2 aromatic carbocycles. The number of nitrogens with one attached hydrogen (secondary N) is 2. The highest BCUT2D eigenvalue weighted by Gasteiger charge is 2.17. The molecule has 0 heterocycles. The van der Waals surface area contributed by atoms with E-state index in [9.17, 15) is 19.1 Å². The first-order valence-corrected chi connectivity index (χ1v) is 7.67. The van der Waals surface area contributed by atoms with Gasteiger partial charge in [-0.15, -0.1) is 0 Å². The number of aromatic hydroxyl groups is 1. The van der Waals surface area contributed by atoms with Crippen LogP contribution in [0.1, 0.15) is 17.3 Å². The summed E-state index contributed by atoms with van der Waals surface area (Å²) < 4.78 is 18.7. The van der Waals surface area contributed by atoms with Crippen LogP contribution in [0.2, 0.25) is 0 Å². The molecule has 0 aromatic heterocycles. The Kier molecular flexibility index (Phi) is 5.75. The smallest absolute Gasteiger partial charge is 0.279 e. The van der Waals surface area contributed by atoms with E-state index in [2.05, 4.69) is 26.8 Å². The molecule has 2 amide bonds. The van der Waals surface area contributed by atoms with Crippen LogP contribution in [0.5, 0.6) is 11.5 Å². The highest BCUT2D eigenvalue weighted by atomic mass is 79.9. The number of carbonyl (C=O) groups excluding carboxylic acids is 2. The molecule has 3 N–H and O–H groups in total. The van der Waals surface area contributed by atoms with Crippen molar-refractivity contribution < 1.29 is 23.8 Å². The van der Waals surface area contributed by atoms with E-state index in [1.54, 1.807) is 6.07 Å². The van der Waals surface area contributed by atoms with Crippen LogP contribution in [-0.2, 0) is 4.79 Å². The van der Waals surface area contributed by atoms with Gasteiger partial charge in [-0.3, -0.25) is 20.4 Å². The van der Waals surface area contributed by atoms with Gasteiger partial charge in [-0.1, -0.05) is 15.9 Å². The second-order valence-electron chi connectivity index (χ2n) is 4.82. The van der Waals surface area contributed by atoms with Crippen LogP contribution >= 0.6 is 15.9 Å². The minimum absolute atomic E-state index is 0.00519. The molecule has 0 saturated heterocycles. The van der Waals surface area contributed by atoms with Gasteiger partial charge in [0, 0.05) is 4.47 Å². The fourth-order valence-electron chi connectivity index (χ4n) is 1.75. The number of hydrazine groups is 1. The van der Waals surface area contributed by atoms with Gasteiger partial charge in [-0.2, -0.15) is 0 Å². The van der Waals surface area contributed by atoms with Crippen molar-refractivity contribution in [3.05, 3.63) is 58.3 Å². The molecular formula is C16H14BrFN2O4. The maximum absolute atomic E-state index is 12.8. The van der Waals surface area contributed by atoms with Crippen LogP contribution < -0.4 is 15.6 Å². The summed E-state index contributed by atoms with van der Waals surface area (Å²) in [6.07, 6.45) is -0.922. The molecule has 0 fully saturated rings. The van der Waals surface area contributed by atoms with Gasteiger partial charge in [0.2, 0.25) is 0 Å². The quantitative estimate of drug-likeness (QED) is 0.692. The van der Waals surface area contributed by atoms with Crippen LogP contribution in [0.15, 0.2) is 46.9 Å². The van der Waals surface area contributed by atoms with Crippen molar-refractivity contribution in [3.63, 3.8) is 0 Å². The zero-order chi connectivity index (χ0) is 17.7. The van der Waals surface area contributed by atoms with Gasteiger partial charge in [-0.25, -0.2) is 4.39 Å². The summed E-state index contributed by atoms with van der Waals surface area (Å²) in [6, 6.07) is 9.53. The highest BCUT2D eigenvalue weighted by molar-refractivity contribution is 9.10. The Labute approximate surface area is 145 Å². The Balaban J connectivity index is 1.89. The lowest BCUT2D eigenvalue weighted by Gasteiger charge is -2.15. The highest BCUT2D eigenvalue weighted by Crippen LogP contribution is 2.21. The maximum Gasteiger partial charge on any atom is 0.279 e. The fourth-order valence-corrected chi connectivity index (χ4v) is 2.10. The molecule has 0 radical (unpaired) electrons. The number of hydrogen-bond donors (Lipinski definition) is 3. The van der Waals surface area contributed by atoms with Crippen LogP contribution in [0, 0.1) is 5.82 Å². The fraction of sp³-hybridized carbons (Fsp3) is 0.125. The van der Waals surface area contributed by atoms with Crippen molar-refractivity contribution in [2.45, 2.75) is 13.0 Å². The van der Waals surface area contributed by atoms with Crippen molar-refractivity contribution in [2.24, 2.45) is 0 Å². The molecule has 0 aliphatic carbocycles. The first kappa shape index (κ1) is 17.7. The van der Waals surface area contributed by atoms with Gasteiger partial charge >= 0.3 is 0 Å². The molecule has 6 nitrogen and oxygen atoms in total. The van der Waals surface area contributed by atoms with E-state index in [0.717, 1.165) is 0 Å². The predicted molar refractivity (Wildman–Crippen MR) is 87.9 cm³/mol. The van der Waals surface area contributed by atoms with Crippen molar-refractivity contribution in [2.75, 3.05) is 0 Å². The summed E-state index contributed by atoms with van der Waals surface area (Å²) >= 11 is 3.16. The summed E-state index contributed by atoms with van der Waals surface area (Å²) in [5.41, 5.74) is 4.38. The van der Waals surface area contributed by atoms with E-state index >= 15 is 0 Å². The zero-order valence-corrected chi connectivity index (χ0v) is 14.1. The van der Waals surface area contributed by atoms with Gasteiger partial charge in [0.25, 0.3) is 11.8 Å². The first-order chi connectivity index (χ1) is 11.4. The van der Waals surface area contributed by atoms with Gasteiger partial charge in [0.05, 0.1) is 5.56 Å². The van der Waals surface area contributed by atoms with E-state index in [-0.39, 0.29) is 11.3 Å². The van der Waals surface area contributed by atoms with E-state index in [1.165, 1.54) is 43.3 Å². The SMILES string of the molecule is CC(Oc1ccc(F)cc1)C(=O)NNC(=O)c1ccc(Br)cc1O. The lowest BCUT2D eigenvalue weighted by Crippen LogP contribution is -2.47. The Bertz CT molecular complexity index is 752. The van der Waals surface area contributed by atoms with Crippen LogP contribution in [0.3, 0.4) is 0 Å². The molecule has 8 heteroatoms. The Morgan fingerprint density at radius 2 is 1.83 bits per heavy atom. The molecule has 1 atom stereocenters. The van der Waals surface area contributed by atoms with Crippen molar-refractivity contribution in [3.8, 4) is 11.5 Å².